The molecule has 0 nitrogen and oxygen atoms in total. The molecular weight excluding hydrogens is 277 g/mol. The van der Waals surface area contributed by atoms with Gasteiger partial charge in [-0.05, 0) is 41.8 Å². The Labute approximate surface area is 114 Å². The minimum Gasteiger partial charge on any atom is -0.204 e. The van der Waals surface area contributed by atoms with Crippen molar-refractivity contribution in [3.05, 3.63) is 69.7 Å². The molecule has 18 heavy (non-hydrogen) atoms. The molecule has 1 unspecified atom stereocenters. The maximum absolute atomic E-state index is 13.1. The van der Waals surface area contributed by atoms with Gasteiger partial charge < -0.3 is 0 Å². The molecule has 0 saturated carbocycles. The van der Waals surface area contributed by atoms with Gasteiger partial charge in [0.15, 0.2) is 11.6 Å². The van der Waals surface area contributed by atoms with E-state index in [1.165, 1.54) is 6.07 Å². The molecule has 0 N–H and O–H groups in total. The molecule has 2 aromatic rings. The summed E-state index contributed by atoms with van der Waals surface area (Å²) in [6, 6.07) is 9.02. The average molecular weight is 287 g/mol. The standard InChI is InChI=1S/C14H10Cl2F2/c1-8-2-3-9(6-11(8)15)14(16)10-4-5-12(17)13(18)7-10/h2-7,14H,1H3. The van der Waals surface area contributed by atoms with Crippen molar-refractivity contribution in [3.8, 4) is 0 Å². The molecule has 0 radical (unpaired) electrons. The van der Waals surface area contributed by atoms with Crippen LogP contribution < -0.4 is 0 Å². The number of hydrogen-bond donors (Lipinski definition) is 0. The van der Waals surface area contributed by atoms with Gasteiger partial charge in [0, 0.05) is 5.02 Å². The Bertz CT molecular complexity index is 531. The second-order valence-corrected chi connectivity index (χ2v) is 4.89. The van der Waals surface area contributed by atoms with Gasteiger partial charge in [-0.2, -0.15) is 0 Å². The monoisotopic (exact) mass is 286 g/mol. The summed E-state index contributed by atoms with van der Waals surface area (Å²) in [4.78, 5) is 0. The van der Waals surface area contributed by atoms with Gasteiger partial charge in [0.25, 0.3) is 0 Å². The number of aryl methyl sites for hydroxylation is 1. The summed E-state index contributed by atoms with van der Waals surface area (Å²) in [7, 11) is 0. The second kappa shape index (κ2) is 5.25. The van der Waals surface area contributed by atoms with E-state index in [-0.39, 0.29) is 0 Å². The molecule has 0 spiro atoms. The normalized spacial score (nSPS) is 12.5. The van der Waals surface area contributed by atoms with E-state index in [0.717, 1.165) is 23.3 Å². The summed E-state index contributed by atoms with van der Waals surface area (Å²) in [5.41, 5.74) is 2.18. The van der Waals surface area contributed by atoms with Crippen LogP contribution in [0.4, 0.5) is 8.78 Å². The van der Waals surface area contributed by atoms with E-state index >= 15 is 0 Å². The SMILES string of the molecule is Cc1ccc(C(Cl)c2ccc(F)c(F)c2)cc1Cl. The van der Waals surface area contributed by atoms with Gasteiger partial charge in [0.1, 0.15) is 0 Å². The number of alkyl halides is 1. The van der Waals surface area contributed by atoms with E-state index in [2.05, 4.69) is 0 Å². The molecule has 0 saturated heterocycles. The quantitative estimate of drug-likeness (QED) is 0.661. The molecule has 2 aromatic carbocycles. The van der Waals surface area contributed by atoms with Crippen molar-refractivity contribution in [2.75, 3.05) is 0 Å². The van der Waals surface area contributed by atoms with Crippen LogP contribution >= 0.6 is 23.2 Å². The van der Waals surface area contributed by atoms with Crippen molar-refractivity contribution < 1.29 is 8.78 Å². The van der Waals surface area contributed by atoms with Crippen LogP contribution in [0.5, 0.6) is 0 Å². The average Bonchev–Trinajstić information content (AvgIpc) is 2.35. The molecule has 0 aliphatic carbocycles. The first kappa shape index (κ1) is 13.3. The number of rotatable bonds is 2. The lowest BCUT2D eigenvalue weighted by Gasteiger charge is -2.12. The molecule has 0 fully saturated rings. The van der Waals surface area contributed by atoms with Crippen molar-refractivity contribution in [1.82, 2.24) is 0 Å². The highest BCUT2D eigenvalue weighted by molar-refractivity contribution is 6.31. The Morgan fingerprint density at radius 1 is 0.944 bits per heavy atom. The topological polar surface area (TPSA) is 0 Å². The lowest BCUT2D eigenvalue weighted by Crippen LogP contribution is -1.96. The van der Waals surface area contributed by atoms with Crippen molar-refractivity contribution in [1.29, 1.82) is 0 Å². The van der Waals surface area contributed by atoms with E-state index in [0.29, 0.717) is 10.6 Å². The summed E-state index contributed by atoms with van der Waals surface area (Å²) in [5.74, 6) is -1.79. The van der Waals surface area contributed by atoms with Gasteiger partial charge in [0.05, 0.1) is 5.38 Å². The van der Waals surface area contributed by atoms with Crippen molar-refractivity contribution in [2.45, 2.75) is 12.3 Å². The van der Waals surface area contributed by atoms with E-state index in [1.54, 1.807) is 6.07 Å². The zero-order chi connectivity index (χ0) is 13.3. The molecule has 2 rings (SSSR count). The Kier molecular flexibility index (Phi) is 3.88. The van der Waals surface area contributed by atoms with Gasteiger partial charge in [-0.3, -0.25) is 0 Å². The van der Waals surface area contributed by atoms with Gasteiger partial charge in [0.2, 0.25) is 0 Å². The second-order valence-electron chi connectivity index (χ2n) is 4.04. The summed E-state index contributed by atoms with van der Waals surface area (Å²) in [6.07, 6.45) is 0. The van der Waals surface area contributed by atoms with Crippen LogP contribution in [-0.4, -0.2) is 0 Å². The van der Waals surface area contributed by atoms with Crippen molar-refractivity contribution in [3.63, 3.8) is 0 Å². The first-order chi connectivity index (χ1) is 8.49. The van der Waals surface area contributed by atoms with Gasteiger partial charge >= 0.3 is 0 Å². The highest BCUT2D eigenvalue weighted by Crippen LogP contribution is 2.31. The van der Waals surface area contributed by atoms with Crippen molar-refractivity contribution >= 4 is 23.2 Å². The first-order valence-corrected chi connectivity index (χ1v) is 6.15. The highest BCUT2D eigenvalue weighted by Gasteiger charge is 2.14. The molecular formula is C14H10Cl2F2. The molecule has 0 aliphatic heterocycles. The van der Waals surface area contributed by atoms with Gasteiger partial charge in [-0.15, -0.1) is 11.6 Å². The fraction of sp³-hybridized carbons (Fsp3) is 0.143. The molecule has 4 heteroatoms. The van der Waals surface area contributed by atoms with Crippen molar-refractivity contribution in [2.24, 2.45) is 0 Å². The number of benzene rings is 2. The minimum absolute atomic E-state index is 0.496. The van der Waals surface area contributed by atoms with E-state index in [9.17, 15) is 8.78 Å². The summed E-state index contributed by atoms with van der Waals surface area (Å²) < 4.78 is 26.0. The Morgan fingerprint density at radius 3 is 2.17 bits per heavy atom. The van der Waals surface area contributed by atoms with Crippen LogP contribution in [0.1, 0.15) is 22.1 Å². The van der Waals surface area contributed by atoms with E-state index in [4.69, 9.17) is 23.2 Å². The van der Waals surface area contributed by atoms with E-state index in [1.807, 2.05) is 19.1 Å². The van der Waals surface area contributed by atoms with Gasteiger partial charge in [-0.25, -0.2) is 8.78 Å². The third-order valence-electron chi connectivity index (χ3n) is 2.72. The smallest absolute Gasteiger partial charge is 0.159 e. The van der Waals surface area contributed by atoms with Crippen LogP contribution in [-0.2, 0) is 0 Å². The molecule has 0 bridgehead atoms. The third-order valence-corrected chi connectivity index (χ3v) is 3.64. The largest absolute Gasteiger partial charge is 0.204 e. The zero-order valence-electron chi connectivity index (χ0n) is 9.55. The summed E-state index contributed by atoms with van der Waals surface area (Å²) in [5, 5.41) is 0.0407. The lowest BCUT2D eigenvalue weighted by molar-refractivity contribution is 0.507. The summed E-state index contributed by atoms with van der Waals surface area (Å²) in [6.45, 7) is 1.88. The lowest BCUT2D eigenvalue weighted by atomic mass is 10.0. The van der Waals surface area contributed by atoms with Crippen LogP contribution in [0.25, 0.3) is 0 Å². The molecule has 0 aromatic heterocycles. The maximum atomic E-state index is 13.1. The highest BCUT2D eigenvalue weighted by atomic mass is 35.5. The minimum atomic E-state index is -0.906. The number of hydrogen-bond acceptors (Lipinski definition) is 0. The predicted octanol–water partition coefficient (Wildman–Crippen LogP) is 5.25. The third kappa shape index (κ3) is 2.65. The zero-order valence-corrected chi connectivity index (χ0v) is 11.1. The molecule has 0 aliphatic rings. The molecule has 1 atom stereocenters. The predicted molar refractivity (Wildman–Crippen MR) is 70.2 cm³/mol. The Hall–Kier alpha value is -1.12. The number of halogens is 4. The van der Waals surface area contributed by atoms with Crippen LogP contribution in [0.3, 0.4) is 0 Å². The summed E-state index contributed by atoms with van der Waals surface area (Å²) >= 11 is 12.2. The molecule has 0 heterocycles. The van der Waals surface area contributed by atoms with E-state index < -0.39 is 17.0 Å². The fourth-order valence-corrected chi connectivity index (χ4v) is 2.09. The van der Waals surface area contributed by atoms with Gasteiger partial charge in [-0.1, -0.05) is 29.8 Å². The Balaban J connectivity index is 2.37. The first-order valence-electron chi connectivity index (χ1n) is 5.34. The molecule has 94 valence electrons. The van der Waals surface area contributed by atoms with Crippen LogP contribution in [0, 0.1) is 18.6 Å². The maximum Gasteiger partial charge on any atom is 0.159 e. The van der Waals surface area contributed by atoms with Crippen LogP contribution in [0.15, 0.2) is 36.4 Å². The fourth-order valence-electron chi connectivity index (χ4n) is 1.63. The molecule has 0 amide bonds. The Morgan fingerprint density at radius 2 is 1.56 bits per heavy atom. The van der Waals surface area contributed by atoms with Crippen LogP contribution in [0.2, 0.25) is 5.02 Å².